The molecule has 0 aromatic carbocycles. The summed E-state index contributed by atoms with van der Waals surface area (Å²) in [5.41, 5.74) is 0.500. The van der Waals surface area contributed by atoms with Crippen molar-refractivity contribution in [1.82, 2.24) is 20.8 Å². The molecule has 0 bridgehead atoms. The number of hydrogen-bond acceptors (Lipinski definition) is 5. The highest BCUT2D eigenvalue weighted by Crippen LogP contribution is 2.28. The summed E-state index contributed by atoms with van der Waals surface area (Å²) in [6.07, 6.45) is 5.88. The monoisotopic (exact) mass is 404 g/mol. The van der Waals surface area contributed by atoms with Crippen LogP contribution in [0.5, 0.6) is 0 Å². The number of rotatable bonds is 8. The molecule has 2 amide bonds. The number of nitrogens with zero attached hydrogens (tertiary/aromatic N) is 1. The summed E-state index contributed by atoms with van der Waals surface area (Å²) < 4.78 is 5.99. The van der Waals surface area contributed by atoms with Crippen molar-refractivity contribution in [2.45, 2.75) is 58.2 Å². The topological polar surface area (TPSA) is 96.1 Å². The van der Waals surface area contributed by atoms with E-state index in [-0.39, 0.29) is 29.9 Å². The third kappa shape index (κ3) is 5.42. The van der Waals surface area contributed by atoms with Gasteiger partial charge >= 0.3 is 0 Å². The summed E-state index contributed by atoms with van der Waals surface area (Å²) in [5.74, 6) is -0.194. The molecule has 28 heavy (non-hydrogen) atoms. The molecule has 2 aromatic heterocycles. The Morgan fingerprint density at radius 3 is 2.89 bits per heavy atom. The fraction of sp³-hybridized carbons (Fsp3) is 0.550. The van der Waals surface area contributed by atoms with Crippen LogP contribution >= 0.6 is 11.3 Å². The molecule has 3 N–H and O–H groups in total. The van der Waals surface area contributed by atoms with E-state index in [1.54, 1.807) is 17.5 Å². The van der Waals surface area contributed by atoms with E-state index in [2.05, 4.69) is 46.8 Å². The van der Waals surface area contributed by atoms with E-state index in [1.807, 2.05) is 0 Å². The van der Waals surface area contributed by atoms with E-state index in [9.17, 15) is 9.59 Å². The molecule has 0 spiro atoms. The van der Waals surface area contributed by atoms with Gasteiger partial charge in [0.1, 0.15) is 0 Å². The van der Waals surface area contributed by atoms with Crippen LogP contribution in [0.25, 0.3) is 0 Å². The van der Waals surface area contributed by atoms with E-state index < -0.39 is 0 Å². The first-order valence-corrected chi connectivity index (χ1v) is 10.6. The molecule has 8 heteroatoms. The van der Waals surface area contributed by atoms with Crippen molar-refractivity contribution in [2.75, 3.05) is 6.61 Å². The molecule has 3 rings (SSSR count). The minimum absolute atomic E-state index is 0.0655. The molecule has 7 nitrogen and oxygen atoms in total. The highest BCUT2D eigenvalue weighted by Gasteiger charge is 2.35. The van der Waals surface area contributed by atoms with Crippen molar-refractivity contribution in [3.05, 3.63) is 39.8 Å². The van der Waals surface area contributed by atoms with Crippen LogP contribution in [0.4, 0.5) is 0 Å². The van der Waals surface area contributed by atoms with Crippen LogP contribution in [0.15, 0.2) is 24.5 Å². The fourth-order valence-corrected chi connectivity index (χ4v) is 4.34. The molecular formula is C20H28N4O3S. The Balaban J connectivity index is 1.56. The van der Waals surface area contributed by atoms with Crippen LogP contribution in [0.1, 0.15) is 52.7 Å². The summed E-state index contributed by atoms with van der Waals surface area (Å²) in [6.45, 7) is 5.29. The summed E-state index contributed by atoms with van der Waals surface area (Å²) in [6, 6.07) is 4.02. The smallest absolute Gasteiger partial charge is 0.254 e. The van der Waals surface area contributed by atoms with Crippen molar-refractivity contribution in [1.29, 1.82) is 0 Å². The minimum Gasteiger partial charge on any atom is -0.376 e. The van der Waals surface area contributed by atoms with Crippen LogP contribution in [-0.4, -0.2) is 40.8 Å². The van der Waals surface area contributed by atoms with Gasteiger partial charge in [0.25, 0.3) is 5.91 Å². The normalized spacial score (nSPS) is 22.0. The van der Waals surface area contributed by atoms with Crippen molar-refractivity contribution in [2.24, 2.45) is 5.92 Å². The number of carbonyl (C=O) groups excluding carboxylic acids is 2. The van der Waals surface area contributed by atoms with Crippen molar-refractivity contribution in [3.8, 4) is 0 Å². The predicted molar refractivity (Wildman–Crippen MR) is 108 cm³/mol. The largest absolute Gasteiger partial charge is 0.376 e. The number of hydrogen-bond donors (Lipinski definition) is 3. The predicted octanol–water partition coefficient (Wildman–Crippen LogP) is 2.79. The Labute approximate surface area is 169 Å². The summed E-state index contributed by atoms with van der Waals surface area (Å²) >= 11 is 1.70. The van der Waals surface area contributed by atoms with Gasteiger partial charge in [-0.25, -0.2) is 0 Å². The molecule has 1 aliphatic carbocycles. The number of amides is 2. The lowest BCUT2D eigenvalue weighted by Gasteiger charge is -2.35. The third-order valence-electron chi connectivity index (χ3n) is 5.01. The number of aryl methyl sites for hydroxylation is 1. The van der Waals surface area contributed by atoms with Crippen LogP contribution < -0.4 is 10.6 Å². The van der Waals surface area contributed by atoms with Gasteiger partial charge in [0, 0.05) is 28.5 Å². The van der Waals surface area contributed by atoms with Gasteiger partial charge < -0.3 is 15.4 Å². The first kappa shape index (κ1) is 20.5. The van der Waals surface area contributed by atoms with Gasteiger partial charge in [-0.1, -0.05) is 6.92 Å². The SMILES string of the molecule is CCCO[C@H]1C[C@@H](C(=O)NCc2ccc(C)s2)CC[C@@H]1NC(=O)c1cn[nH]c1. The molecule has 2 heterocycles. The average molecular weight is 405 g/mol. The fourth-order valence-electron chi connectivity index (χ4n) is 3.51. The maximum Gasteiger partial charge on any atom is 0.254 e. The molecule has 152 valence electrons. The molecular weight excluding hydrogens is 376 g/mol. The number of carbonyl (C=O) groups is 2. The molecule has 1 saturated carbocycles. The molecule has 3 atom stereocenters. The second-order valence-electron chi connectivity index (χ2n) is 7.22. The lowest BCUT2D eigenvalue weighted by atomic mass is 9.83. The lowest BCUT2D eigenvalue weighted by Crippen LogP contribution is -2.50. The molecule has 0 aliphatic heterocycles. The second-order valence-corrected chi connectivity index (χ2v) is 8.59. The van der Waals surface area contributed by atoms with Crippen LogP contribution in [0.3, 0.4) is 0 Å². The highest BCUT2D eigenvalue weighted by atomic mass is 32.1. The second kappa shape index (κ2) is 9.84. The Bertz CT molecular complexity index is 774. The van der Waals surface area contributed by atoms with Crippen molar-refractivity contribution in [3.63, 3.8) is 0 Å². The number of H-pyrrole nitrogens is 1. The number of aromatic amines is 1. The molecule has 1 fully saturated rings. The van der Waals surface area contributed by atoms with Gasteiger partial charge in [-0.15, -0.1) is 11.3 Å². The average Bonchev–Trinajstić information content (AvgIpc) is 3.37. The first-order chi connectivity index (χ1) is 13.6. The van der Waals surface area contributed by atoms with Gasteiger partial charge in [0.15, 0.2) is 0 Å². The molecule has 0 saturated heterocycles. The quantitative estimate of drug-likeness (QED) is 0.630. The maximum absolute atomic E-state index is 12.7. The van der Waals surface area contributed by atoms with E-state index >= 15 is 0 Å². The number of ether oxygens (including phenoxy) is 1. The van der Waals surface area contributed by atoms with Crippen molar-refractivity contribution >= 4 is 23.2 Å². The Morgan fingerprint density at radius 2 is 2.21 bits per heavy atom. The Hall–Kier alpha value is -2.19. The molecule has 1 aliphatic rings. The third-order valence-corrected chi connectivity index (χ3v) is 6.01. The standard InChI is InChI=1S/C20H28N4O3S/c1-3-8-27-18-9-14(19(25)21-12-16-6-4-13(2)28-16)5-7-17(18)24-20(26)15-10-22-23-11-15/h4,6,10-11,14,17-18H,3,5,7-9,12H2,1-2H3,(H,21,25)(H,22,23)(H,24,26)/t14-,17-,18-/m0/s1. The van der Waals surface area contributed by atoms with Gasteiger partial charge in [-0.3, -0.25) is 14.7 Å². The van der Waals surface area contributed by atoms with E-state index in [1.165, 1.54) is 11.1 Å². The van der Waals surface area contributed by atoms with Crippen LogP contribution in [0.2, 0.25) is 0 Å². The number of aromatic nitrogens is 2. The van der Waals surface area contributed by atoms with Gasteiger partial charge in [-0.2, -0.15) is 5.10 Å². The van der Waals surface area contributed by atoms with Crippen LogP contribution in [-0.2, 0) is 16.1 Å². The van der Waals surface area contributed by atoms with Gasteiger partial charge in [0.05, 0.1) is 30.5 Å². The number of thiophene rings is 1. The van der Waals surface area contributed by atoms with Crippen LogP contribution in [0, 0.1) is 12.8 Å². The first-order valence-electron chi connectivity index (χ1n) is 9.81. The van der Waals surface area contributed by atoms with E-state index in [4.69, 9.17) is 4.74 Å². The Kier molecular flexibility index (Phi) is 7.22. The molecule has 2 aromatic rings. The zero-order chi connectivity index (χ0) is 19.9. The van der Waals surface area contributed by atoms with Gasteiger partial charge in [0.2, 0.25) is 5.91 Å². The van der Waals surface area contributed by atoms with E-state index in [0.717, 1.165) is 17.7 Å². The summed E-state index contributed by atoms with van der Waals surface area (Å²) in [7, 11) is 0. The van der Waals surface area contributed by atoms with E-state index in [0.29, 0.717) is 31.6 Å². The summed E-state index contributed by atoms with van der Waals surface area (Å²) in [4.78, 5) is 27.4. The van der Waals surface area contributed by atoms with Gasteiger partial charge in [-0.05, 0) is 44.7 Å². The maximum atomic E-state index is 12.7. The molecule has 0 radical (unpaired) electrons. The Morgan fingerprint density at radius 1 is 1.36 bits per heavy atom. The van der Waals surface area contributed by atoms with Crippen molar-refractivity contribution < 1.29 is 14.3 Å². The zero-order valence-corrected chi connectivity index (χ0v) is 17.2. The zero-order valence-electron chi connectivity index (χ0n) is 16.4. The summed E-state index contributed by atoms with van der Waals surface area (Å²) in [5, 5.41) is 12.6. The minimum atomic E-state index is -0.167. The molecule has 0 unspecified atom stereocenters. The number of nitrogens with one attached hydrogen (secondary N) is 3. The highest BCUT2D eigenvalue weighted by molar-refractivity contribution is 7.11. The lowest BCUT2D eigenvalue weighted by molar-refractivity contribution is -0.128.